The zero-order valence-corrected chi connectivity index (χ0v) is 17.8. The van der Waals surface area contributed by atoms with Crippen molar-refractivity contribution in [3.8, 4) is 11.1 Å². The predicted octanol–water partition coefficient (Wildman–Crippen LogP) is 5.60. The van der Waals surface area contributed by atoms with Gasteiger partial charge in [-0.3, -0.25) is 15.0 Å². The Balaban J connectivity index is 1.39. The van der Waals surface area contributed by atoms with Crippen molar-refractivity contribution in [2.24, 2.45) is 5.92 Å². The minimum Gasteiger partial charge on any atom is -0.298 e. The van der Waals surface area contributed by atoms with Gasteiger partial charge in [-0.05, 0) is 62.0 Å². The first-order chi connectivity index (χ1) is 14.1. The van der Waals surface area contributed by atoms with E-state index in [1.54, 1.807) is 11.3 Å². The van der Waals surface area contributed by atoms with E-state index in [4.69, 9.17) is 0 Å². The van der Waals surface area contributed by atoms with Gasteiger partial charge in [0, 0.05) is 17.0 Å². The maximum atomic E-state index is 12.7. The zero-order chi connectivity index (χ0) is 20.2. The number of piperidine rings is 1. The second-order valence-electron chi connectivity index (χ2n) is 7.88. The van der Waals surface area contributed by atoms with E-state index in [1.165, 1.54) is 17.7 Å². The van der Waals surface area contributed by atoms with Crippen molar-refractivity contribution in [3.05, 3.63) is 70.7 Å². The second kappa shape index (κ2) is 8.89. The van der Waals surface area contributed by atoms with E-state index < -0.39 is 0 Å². The summed E-state index contributed by atoms with van der Waals surface area (Å²) >= 11 is 1.59. The third kappa shape index (κ3) is 4.92. The molecule has 0 atom stereocenters. The number of likely N-dealkylation sites (tertiary alicyclic amines) is 1. The minimum absolute atomic E-state index is 0.114. The highest BCUT2D eigenvalue weighted by molar-refractivity contribution is 7.15. The number of nitrogens with zero attached hydrogens (tertiary/aromatic N) is 2. The highest BCUT2D eigenvalue weighted by Crippen LogP contribution is 2.27. The second-order valence-corrected chi connectivity index (χ2v) is 8.97. The lowest BCUT2D eigenvalue weighted by Crippen LogP contribution is -2.32. The summed E-state index contributed by atoms with van der Waals surface area (Å²) < 4.78 is 0. The summed E-state index contributed by atoms with van der Waals surface area (Å²) in [4.78, 5) is 21.0. The standard InChI is InChI=1S/C24H27N3OS/c1-17-12-14-27(15-13-17)16-22-18(2)25-24(29-22)26-23(28)21-10-8-20(9-11-21)19-6-4-3-5-7-19/h3-11,17H,12-16H2,1-2H3,(H,25,26,28). The van der Waals surface area contributed by atoms with Crippen LogP contribution in [0.5, 0.6) is 0 Å². The molecule has 4 rings (SSSR count). The molecule has 2 aromatic carbocycles. The molecule has 150 valence electrons. The Morgan fingerprint density at radius 1 is 1.07 bits per heavy atom. The molecule has 0 unspecified atom stereocenters. The third-order valence-electron chi connectivity index (χ3n) is 5.61. The van der Waals surface area contributed by atoms with Crippen molar-refractivity contribution in [3.63, 3.8) is 0 Å². The molecular weight excluding hydrogens is 378 g/mol. The number of carbonyl (C=O) groups is 1. The van der Waals surface area contributed by atoms with Crippen LogP contribution in [0.3, 0.4) is 0 Å². The van der Waals surface area contributed by atoms with Gasteiger partial charge >= 0.3 is 0 Å². The number of carbonyl (C=O) groups excluding carboxylic acids is 1. The van der Waals surface area contributed by atoms with E-state index in [0.717, 1.165) is 42.4 Å². The summed E-state index contributed by atoms with van der Waals surface area (Å²) in [5.41, 5.74) is 3.91. The quantitative estimate of drug-likeness (QED) is 0.601. The lowest BCUT2D eigenvalue weighted by Gasteiger charge is -2.29. The van der Waals surface area contributed by atoms with Crippen LogP contribution in [0.25, 0.3) is 11.1 Å². The Kier molecular flexibility index (Phi) is 6.07. The number of benzene rings is 2. The average molecular weight is 406 g/mol. The van der Waals surface area contributed by atoms with E-state index in [-0.39, 0.29) is 5.91 Å². The maximum Gasteiger partial charge on any atom is 0.257 e. The molecule has 0 spiro atoms. The van der Waals surface area contributed by atoms with Gasteiger partial charge in [0.05, 0.1) is 5.69 Å². The molecule has 1 amide bonds. The van der Waals surface area contributed by atoms with Crippen molar-refractivity contribution in [2.45, 2.75) is 33.2 Å². The van der Waals surface area contributed by atoms with Crippen molar-refractivity contribution in [1.29, 1.82) is 0 Å². The van der Waals surface area contributed by atoms with Crippen molar-refractivity contribution < 1.29 is 4.79 Å². The van der Waals surface area contributed by atoms with E-state index in [1.807, 2.05) is 49.4 Å². The molecule has 1 saturated heterocycles. The number of aromatic nitrogens is 1. The number of hydrogen-bond acceptors (Lipinski definition) is 4. The molecule has 0 radical (unpaired) electrons. The fraction of sp³-hybridized carbons (Fsp3) is 0.333. The van der Waals surface area contributed by atoms with Gasteiger partial charge in [-0.25, -0.2) is 4.98 Å². The van der Waals surface area contributed by atoms with Gasteiger partial charge in [0.15, 0.2) is 5.13 Å². The lowest BCUT2D eigenvalue weighted by atomic mass is 9.99. The molecule has 2 heterocycles. The van der Waals surface area contributed by atoms with Crippen LogP contribution >= 0.6 is 11.3 Å². The van der Waals surface area contributed by atoms with Gasteiger partial charge in [-0.15, -0.1) is 11.3 Å². The fourth-order valence-corrected chi connectivity index (χ4v) is 4.67. The fourth-order valence-electron chi connectivity index (χ4n) is 3.67. The summed E-state index contributed by atoms with van der Waals surface area (Å²) in [6, 6.07) is 17.9. The van der Waals surface area contributed by atoms with Gasteiger partial charge in [-0.1, -0.05) is 49.4 Å². The summed E-state index contributed by atoms with van der Waals surface area (Å²) in [5.74, 6) is 0.716. The molecule has 1 aromatic heterocycles. The predicted molar refractivity (Wildman–Crippen MR) is 120 cm³/mol. The van der Waals surface area contributed by atoms with Crippen LogP contribution < -0.4 is 5.32 Å². The molecule has 29 heavy (non-hydrogen) atoms. The first kappa shape index (κ1) is 19.8. The van der Waals surface area contributed by atoms with Crippen LogP contribution in [0.4, 0.5) is 5.13 Å². The number of nitrogens with one attached hydrogen (secondary N) is 1. The highest BCUT2D eigenvalue weighted by atomic mass is 32.1. The molecule has 0 bridgehead atoms. The smallest absolute Gasteiger partial charge is 0.257 e. The Bertz CT molecular complexity index is 958. The molecule has 1 aliphatic heterocycles. The summed E-state index contributed by atoms with van der Waals surface area (Å²) in [6.45, 7) is 7.58. The van der Waals surface area contributed by atoms with Gasteiger partial charge in [0.1, 0.15) is 0 Å². The van der Waals surface area contributed by atoms with E-state index in [2.05, 4.69) is 34.3 Å². The topological polar surface area (TPSA) is 45.2 Å². The number of hydrogen-bond donors (Lipinski definition) is 1. The zero-order valence-electron chi connectivity index (χ0n) is 17.0. The first-order valence-electron chi connectivity index (χ1n) is 10.2. The number of aryl methyl sites for hydroxylation is 1. The van der Waals surface area contributed by atoms with Gasteiger partial charge in [-0.2, -0.15) is 0 Å². The largest absolute Gasteiger partial charge is 0.298 e. The van der Waals surface area contributed by atoms with Crippen molar-refractivity contribution >= 4 is 22.4 Å². The number of rotatable bonds is 5. The van der Waals surface area contributed by atoms with Crippen LogP contribution in [-0.2, 0) is 6.54 Å². The van der Waals surface area contributed by atoms with Crippen molar-refractivity contribution in [2.75, 3.05) is 18.4 Å². The van der Waals surface area contributed by atoms with E-state index >= 15 is 0 Å². The van der Waals surface area contributed by atoms with Crippen LogP contribution in [0, 0.1) is 12.8 Å². The lowest BCUT2D eigenvalue weighted by molar-refractivity contribution is 0.102. The van der Waals surface area contributed by atoms with Crippen LogP contribution in [0.2, 0.25) is 0 Å². The summed E-state index contributed by atoms with van der Waals surface area (Å²) in [7, 11) is 0. The molecule has 1 aliphatic rings. The molecule has 4 nitrogen and oxygen atoms in total. The first-order valence-corrected chi connectivity index (χ1v) is 11.1. The van der Waals surface area contributed by atoms with Crippen LogP contribution in [-0.4, -0.2) is 28.9 Å². The summed E-state index contributed by atoms with van der Waals surface area (Å²) in [5, 5.41) is 3.65. The number of anilines is 1. The Morgan fingerprint density at radius 2 is 1.72 bits per heavy atom. The SMILES string of the molecule is Cc1nc(NC(=O)c2ccc(-c3ccccc3)cc2)sc1CN1CCC(C)CC1. The molecule has 0 aliphatic carbocycles. The molecule has 0 saturated carbocycles. The molecule has 5 heteroatoms. The van der Waals surface area contributed by atoms with Gasteiger partial charge in [0.2, 0.25) is 0 Å². The van der Waals surface area contributed by atoms with Crippen LogP contribution in [0.1, 0.15) is 40.7 Å². The average Bonchev–Trinajstić information content (AvgIpc) is 3.09. The summed E-state index contributed by atoms with van der Waals surface area (Å²) in [6.07, 6.45) is 2.53. The molecule has 1 N–H and O–H groups in total. The number of thiazole rings is 1. The minimum atomic E-state index is -0.114. The van der Waals surface area contributed by atoms with Crippen molar-refractivity contribution in [1.82, 2.24) is 9.88 Å². The van der Waals surface area contributed by atoms with Crippen LogP contribution in [0.15, 0.2) is 54.6 Å². The maximum absolute atomic E-state index is 12.7. The molecule has 3 aromatic rings. The van der Waals surface area contributed by atoms with E-state index in [9.17, 15) is 4.79 Å². The van der Waals surface area contributed by atoms with E-state index in [0.29, 0.717) is 10.7 Å². The Labute approximate surface area is 176 Å². The Hall–Kier alpha value is -2.50. The van der Waals surface area contributed by atoms with Gasteiger partial charge in [0.25, 0.3) is 5.91 Å². The number of amides is 1. The third-order valence-corrected chi connectivity index (χ3v) is 6.67. The molecular formula is C24H27N3OS. The van der Waals surface area contributed by atoms with Gasteiger partial charge < -0.3 is 0 Å². The highest BCUT2D eigenvalue weighted by Gasteiger charge is 2.19. The normalized spacial score (nSPS) is 15.4. The molecule has 1 fully saturated rings. The Morgan fingerprint density at radius 3 is 2.41 bits per heavy atom. The monoisotopic (exact) mass is 405 g/mol.